The molecule has 2 N–H and O–H groups in total. The number of nitrogens with zero attached hydrogens (tertiary/aromatic N) is 3. The number of aliphatic imine (C=N–C) groups is 1. The van der Waals surface area contributed by atoms with Crippen molar-refractivity contribution in [1.82, 2.24) is 20.4 Å². The summed E-state index contributed by atoms with van der Waals surface area (Å²) in [5, 5.41) is 10.8. The summed E-state index contributed by atoms with van der Waals surface area (Å²) in [4.78, 5) is 4.29. The number of rotatable bonds is 7. The second-order valence-electron chi connectivity index (χ2n) is 6.95. The van der Waals surface area contributed by atoms with Crippen LogP contribution in [0.4, 0.5) is 0 Å². The van der Waals surface area contributed by atoms with Crippen LogP contribution < -0.4 is 15.4 Å². The lowest BCUT2D eigenvalue weighted by Gasteiger charge is -2.16. The van der Waals surface area contributed by atoms with Crippen molar-refractivity contribution in [2.24, 2.45) is 18.0 Å². The van der Waals surface area contributed by atoms with Gasteiger partial charge in [-0.2, -0.15) is 5.10 Å². The van der Waals surface area contributed by atoms with Crippen molar-refractivity contribution in [1.29, 1.82) is 0 Å². The number of ether oxygens (including phenoxy) is 2. The van der Waals surface area contributed by atoms with E-state index in [-0.39, 0.29) is 0 Å². The van der Waals surface area contributed by atoms with Crippen molar-refractivity contribution in [3.8, 4) is 5.75 Å². The summed E-state index contributed by atoms with van der Waals surface area (Å²) in [6.07, 6.45) is 4.90. The highest BCUT2D eigenvalue weighted by molar-refractivity contribution is 5.79. The molecule has 0 radical (unpaired) electrons. The number of benzene rings is 1. The largest absolute Gasteiger partial charge is 0.493 e. The van der Waals surface area contributed by atoms with Crippen LogP contribution in [0.25, 0.3) is 0 Å². The Kier molecular flexibility index (Phi) is 6.70. The zero-order valence-corrected chi connectivity index (χ0v) is 16.4. The first-order valence-electron chi connectivity index (χ1n) is 9.36. The predicted molar refractivity (Wildman–Crippen MR) is 106 cm³/mol. The van der Waals surface area contributed by atoms with Crippen molar-refractivity contribution >= 4 is 5.96 Å². The highest BCUT2D eigenvalue weighted by atomic mass is 16.5. The molecule has 0 aliphatic carbocycles. The normalized spacial score (nSPS) is 17.1. The van der Waals surface area contributed by atoms with E-state index in [1.807, 2.05) is 19.4 Å². The molecule has 0 bridgehead atoms. The van der Waals surface area contributed by atoms with E-state index in [1.54, 1.807) is 11.7 Å². The maximum absolute atomic E-state index is 6.11. The average Bonchev–Trinajstić information content (AvgIpc) is 3.33. The number of hydrogen-bond acceptors (Lipinski definition) is 4. The summed E-state index contributed by atoms with van der Waals surface area (Å²) in [6.45, 7) is 5.73. The molecule has 1 aromatic carbocycles. The summed E-state index contributed by atoms with van der Waals surface area (Å²) in [7, 11) is 3.68. The molecule has 1 aromatic heterocycles. The highest BCUT2D eigenvalue weighted by Crippen LogP contribution is 2.22. The molecule has 1 aliphatic rings. The van der Waals surface area contributed by atoms with E-state index in [2.05, 4.69) is 45.8 Å². The molecule has 27 heavy (non-hydrogen) atoms. The first-order chi connectivity index (χ1) is 13.1. The second-order valence-corrected chi connectivity index (χ2v) is 6.95. The van der Waals surface area contributed by atoms with Gasteiger partial charge >= 0.3 is 0 Å². The molecule has 2 aromatic rings. The molecule has 1 aliphatic heterocycles. The van der Waals surface area contributed by atoms with Gasteiger partial charge in [-0.15, -0.1) is 0 Å². The first-order valence-corrected chi connectivity index (χ1v) is 9.36. The van der Waals surface area contributed by atoms with Gasteiger partial charge in [0, 0.05) is 57.0 Å². The molecule has 1 fully saturated rings. The molecule has 7 heteroatoms. The fourth-order valence-corrected chi connectivity index (χ4v) is 3.01. The standard InChI is InChI=1S/C20H29N5O2/c1-15-4-5-18(19(8-15)27-14-16-6-7-26-13-16)11-23-20(21-2)22-9-17-10-24-25(3)12-17/h4-5,8,10,12,16H,6-7,9,11,13-14H2,1-3H3,(H2,21,22,23). The summed E-state index contributed by atoms with van der Waals surface area (Å²) in [6, 6.07) is 6.31. The minimum atomic E-state index is 0.486. The van der Waals surface area contributed by atoms with E-state index >= 15 is 0 Å². The van der Waals surface area contributed by atoms with E-state index in [9.17, 15) is 0 Å². The first kappa shape index (κ1) is 19.2. The van der Waals surface area contributed by atoms with E-state index < -0.39 is 0 Å². The molecule has 1 saturated heterocycles. The van der Waals surface area contributed by atoms with Gasteiger partial charge < -0.3 is 20.1 Å². The van der Waals surface area contributed by atoms with Crippen molar-refractivity contribution < 1.29 is 9.47 Å². The van der Waals surface area contributed by atoms with Crippen LogP contribution in [-0.2, 0) is 24.9 Å². The average molecular weight is 371 g/mol. The highest BCUT2D eigenvalue weighted by Gasteiger charge is 2.17. The van der Waals surface area contributed by atoms with E-state index in [0.29, 0.717) is 25.6 Å². The van der Waals surface area contributed by atoms with Gasteiger partial charge in [0.1, 0.15) is 5.75 Å². The Balaban J connectivity index is 1.55. The van der Waals surface area contributed by atoms with E-state index in [0.717, 1.165) is 42.5 Å². The van der Waals surface area contributed by atoms with Gasteiger partial charge in [-0.3, -0.25) is 9.67 Å². The van der Waals surface area contributed by atoms with E-state index in [4.69, 9.17) is 9.47 Å². The number of aromatic nitrogens is 2. The van der Waals surface area contributed by atoms with Gasteiger partial charge in [-0.05, 0) is 25.0 Å². The molecule has 7 nitrogen and oxygen atoms in total. The van der Waals surface area contributed by atoms with Gasteiger partial charge in [0.05, 0.1) is 19.4 Å². The van der Waals surface area contributed by atoms with Gasteiger partial charge in [0.25, 0.3) is 0 Å². The summed E-state index contributed by atoms with van der Waals surface area (Å²) < 4.78 is 13.3. The Morgan fingerprint density at radius 1 is 1.37 bits per heavy atom. The molecule has 0 spiro atoms. The Bertz CT molecular complexity index is 765. The predicted octanol–water partition coefficient (Wildman–Crippen LogP) is 2.01. The summed E-state index contributed by atoms with van der Waals surface area (Å²) >= 11 is 0. The van der Waals surface area contributed by atoms with Gasteiger partial charge in [0.15, 0.2) is 5.96 Å². The maximum atomic E-state index is 6.11. The van der Waals surface area contributed by atoms with Crippen molar-refractivity contribution in [2.45, 2.75) is 26.4 Å². The van der Waals surface area contributed by atoms with Gasteiger partial charge in [-0.1, -0.05) is 12.1 Å². The number of guanidine groups is 1. The third-order valence-electron chi connectivity index (χ3n) is 4.61. The van der Waals surface area contributed by atoms with E-state index in [1.165, 1.54) is 5.56 Å². The third kappa shape index (κ3) is 5.72. The molecule has 3 rings (SSSR count). The van der Waals surface area contributed by atoms with Crippen LogP contribution in [0.1, 0.15) is 23.1 Å². The number of hydrogen-bond donors (Lipinski definition) is 2. The Hall–Kier alpha value is -2.54. The van der Waals surface area contributed by atoms with Crippen LogP contribution in [0.2, 0.25) is 0 Å². The lowest BCUT2D eigenvalue weighted by molar-refractivity contribution is 0.166. The molecule has 1 atom stereocenters. The molecule has 1 unspecified atom stereocenters. The van der Waals surface area contributed by atoms with Gasteiger partial charge in [0.2, 0.25) is 0 Å². The third-order valence-corrected chi connectivity index (χ3v) is 4.61. The van der Waals surface area contributed by atoms with Crippen molar-refractivity contribution in [3.05, 3.63) is 47.3 Å². The minimum absolute atomic E-state index is 0.486. The van der Waals surface area contributed by atoms with Gasteiger partial charge in [-0.25, -0.2) is 0 Å². The monoisotopic (exact) mass is 371 g/mol. The number of aryl methyl sites for hydroxylation is 2. The second kappa shape index (κ2) is 9.41. The SMILES string of the molecule is CN=C(NCc1cnn(C)c1)NCc1ccc(C)cc1OCC1CCOC1. The van der Waals surface area contributed by atoms with Crippen LogP contribution >= 0.6 is 0 Å². The van der Waals surface area contributed by atoms with Crippen molar-refractivity contribution in [3.63, 3.8) is 0 Å². The fraction of sp³-hybridized carbons (Fsp3) is 0.500. The van der Waals surface area contributed by atoms with Crippen molar-refractivity contribution in [2.75, 3.05) is 26.9 Å². The molecule has 0 saturated carbocycles. The quantitative estimate of drug-likeness (QED) is 0.575. The maximum Gasteiger partial charge on any atom is 0.191 e. The lowest BCUT2D eigenvalue weighted by atomic mass is 10.1. The Morgan fingerprint density at radius 2 is 2.22 bits per heavy atom. The topological polar surface area (TPSA) is 72.7 Å². The number of nitrogens with one attached hydrogen (secondary N) is 2. The minimum Gasteiger partial charge on any atom is -0.493 e. The molecular formula is C20H29N5O2. The van der Waals surface area contributed by atoms with Crippen LogP contribution in [0.5, 0.6) is 5.75 Å². The summed E-state index contributed by atoms with van der Waals surface area (Å²) in [5.74, 6) is 2.16. The Labute approximate surface area is 160 Å². The van der Waals surface area contributed by atoms with Crippen LogP contribution in [0.3, 0.4) is 0 Å². The smallest absolute Gasteiger partial charge is 0.191 e. The molecule has 2 heterocycles. The molecule has 146 valence electrons. The van der Waals surface area contributed by atoms with Crippen LogP contribution in [-0.4, -0.2) is 42.6 Å². The molecule has 0 amide bonds. The van der Waals surface area contributed by atoms with Crippen LogP contribution in [0, 0.1) is 12.8 Å². The Morgan fingerprint density at radius 3 is 2.93 bits per heavy atom. The fourth-order valence-electron chi connectivity index (χ4n) is 3.01. The zero-order valence-electron chi connectivity index (χ0n) is 16.4. The lowest BCUT2D eigenvalue weighted by Crippen LogP contribution is -2.36. The van der Waals surface area contributed by atoms with Crippen LogP contribution in [0.15, 0.2) is 35.6 Å². The zero-order chi connectivity index (χ0) is 19.1. The summed E-state index contributed by atoms with van der Waals surface area (Å²) in [5.41, 5.74) is 3.41. The molecular weight excluding hydrogens is 342 g/mol.